The Labute approximate surface area is 138 Å². The van der Waals surface area contributed by atoms with Crippen LogP contribution in [0.5, 0.6) is 0 Å². The van der Waals surface area contributed by atoms with E-state index in [4.69, 9.17) is 0 Å². The molecule has 0 radical (unpaired) electrons. The van der Waals surface area contributed by atoms with Gasteiger partial charge in [0.15, 0.2) is 0 Å². The number of aromatic nitrogens is 2. The molecule has 3 rings (SSSR count). The largest absolute Gasteiger partial charge is 0.465 e. The number of methoxy groups -OCH3 is 1. The summed E-state index contributed by atoms with van der Waals surface area (Å²) in [5, 5.41) is 6.92. The summed E-state index contributed by atoms with van der Waals surface area (Å²) in [7, 11) is 1.31. The van der Waals surface area contributed by atoms with E-state index in [1.807, 2.05) is 12.1 Å². The molecule has 1 heterocycles. The van der Waals surface area contributed by atoms with Crippen LogP contribution in [0.15, 0.2) is 67.0 Å². The van der Waals surface area contributed by atoms with Gasteiger partial charge in [-0.1, -0.05) is 12.1 Å². The Morgan fingerprint density at radius 2 is 1.83 bits per heavy atom. The van der Waals surface area contributed by atoms with Crippen molar-refractivity contribution in [3.05, 3.63) is 78.1 Å². The van der Waals surface area contributed by atoms with E-state index in [2.05, 4.69) is 15.2 Å². The van der Waals surface area contributed by atoms with Crippen LogP contribution in [0.2, 0.25) is 0 Å². The van der Waals surface area contributed by atoms with Crippen LogP contribution in [0.1, 0.15) is 20.7 Å². The molecule has 120 valence electrons. The van der Waals surface area contributed by atoms with Crippen LogP contribution < -0.4 is 5.32 Å². The summed E-state index contributed by atoms with van der Waals surface area (Å²) in [4.78, 5) is 24.0. The van der Waals surface area contributed by atoms with E-state index in [0.29, 0.717) is 16.8 Å². The van der Waals surface area contributed by atoms with Gasteiger partial charge in [-0.15, -0.1) is 0 Å². The van der Waals surface area contributed by atoms with Crippen LogP contribution in [0.4, 0.5) is 5.69 Å². The predicted molar refractivity (Wildman–Crippen MR) is 89.3 cm³/mol. The summed E-state index contributed by atoms with van der Waals surface area (Å²) in [6, 6.07) is 15.5. The van der Waals surface area contributed by atoms with Crippen molar-refractivity contribution >= 4 is 17.6 Å². The number of nitrogens with one attached hydrogen (secondary N) is 1. The van der Waals surface area contributed by atoms with Gasteiger partial charge in [-0.3, -0.25) is 4.79 Å². The van der Waals surface area contributed by atoms with Crippen molar-refractivity contribution in [2.75, 3.05) is 12.4 Å². The minimum absolute atomic E-state index is 0.272. The maximum atomic E-state index is 12.4. The van der Waals surface area contributed by atoms with Gasteiger partial charge < -0.3 is 10.1 Å². The van der Waals surface area contributed by atoms with Crippen LogP contribution in [-0.4, -0.2) is 28.8 Å². The van der Waals surface area contributed by atoms with Gasteiger partial charge in [0, 0.05) is 23.6 Å². The normalized spacial score (nSPS) is 10.2. The van der Waals surface area contributed by atoms with Crippen molar-refractivity contribution in [2.45, 2.75) is 0 Å². The molecule has 1 N–H and O–H groups in total. The molecular weight excluding hydrogens is 306 g/mol. The Morgan fingerprint density at radius 1 is 1.04 bits per heavy atom. The highest BCUT2D eigenvalue weighted by Crippen LogP contribution is 2.15. The molecule has 0 fully saturated rings. The molecule has 6 heteroatoms. The van der Waals surface area contributed by atoms with Gasteiger partial charge in [0.25, 0.3) is 5.91 Å². The van der Waals surface area contributed by atoms with Crippen molar-refractivity contribution in [1.82, 2.24) is 9.78 Å². The van der Waals surface area contributed by atoms with Gasteiger partial charge in [0.05, 0.1) is 18.4 Å². The maximum absolute atomic E-state index is 12.4. The lowest BCUT2D eigenvalue weighted by Gasteiger charge is -2.08. The average molecular weight is 321 g/mol. The second-order valence-corrected chi connectivity index (χ2v) is 5.03. The number of hydrogen-bond acceptors (Lipinski definition) is 4. The standard InChI is InChI=1S/C18H15N3O3/c1-24-18(23)14-6-2-7-15(11-14)20-17(22)13-5-3-8-16(12-13)21-10-4-9-19-21/h2-12H,1H3,(H,20,22). The fourth-order valence-corrected chi connectivity index (χ4v) is 2.26. The number of amides is 1. The molecule has 0 aliphatic heterocycles. The lowest BCUT2D eigenvalue weighted by Crippen LogP contribution is -2.13. The molecule has 0 bridgehead atoms. The first kappa shape index (κ1) is 15.5. The minimum Gasteiger partial charge on any atom is -0.465 e. The fourth-order valence-electron chi connectivity index (χ4n) is 2.26. The van der Waals surface area contributed by atoms with Crippen molar-refractivity contribution in [2.24, 2.45) is 0 Å². The van der Waals surface area contributed by atoms with E-state index in [-0.39, 0.29) is 5.91 Å². The molecule has 24 heavy (non-hydrogen) atoms. The first-order valence-electron chi connectivity index (χ1n) is 7.27. The number of esters is 1. The van der Waals surface area contributed by atoms with E-state index in [1.54, 1.807) is 59.5 Å². The van der Waals surface area contributed by atoms with Crippen LogP contribution in [0.25, 0.3) is 5.69 Å². The fraction of sp³-hybridized carbons (Fsp3) is 0.0556. The number of hydrogen-bond donors (Lipinski definition) is 1. The predicted octanol–water partition coefficient (Wildman–Crippen LogP) is 2.91. The molecule has 6 nitrogen and oxygen atoms in total. The van der Waals surface area contributed by atoms with Gasteiger partial charge in [-0.05, 0) is 42.5 Å². The molecule has 3 aromatic rings. The van der Waals surface area contributed by atoms with Gasteiger partial charge in [0.2, 0.25) is 0 Å². The zero-order chi connectivity index (χ0) is 16.9. The summed E-state index contributed by atoms with van der Waals surface area (Å²) in [5.41, 5.74) is 2.18. The zero-order valence-corrected chi connectivity index (χ0v) is 13.0. The Kier molecular flexibility index (Phi) is 4.38. The number of rotatable bonds is 4. The number of carbonyl (C=O) groups excluding carboxylic acids is 2. The molecule has 0 aliphatic rings. The van der Waals surface area contributed by atoms with E-state index in [1.165, 1.54) is 7.11 Å². The zero-order valence-electron chi connectivity index (χ0n) is 13.0. The number of carbonyl (C=O) groups is 2. The highest BCUT2D eigenvalue weighted by atomic mass is 16.5. The number of nitrogens with zero attached hydrogens (tertiary/aromatic N) is 2. The second kappa shape index (κ2) is 6.78. The van der Waals surface area contributed by atoms with Crippen molar-refractivity contribution in [3.8, 4) is 5.69 Å². The van der Waals surface area contributed by atoms with Gasteiger partial charge in [-0.2, -0.15) is 5.10 Å². The monoisotopic (exact) mass is 321 g/mol. The second-order valence-electron chi connectivity index (χ2n) is 5.03. The van der Waals surface area contributed by atoms with Crippen LogP contribution in [0, 0.1) is 0 Å². The van der Waals surface area contributed by atoms with Crippen molar-refractivity contribution in [1.29, 1.82) is 0 Å². The summed E-state index contributed by atoms with van der Waals surface area (Å²) in [6.45, 7) is 0. The molecular formula is C18H15N3O3. The lowest BCUT2D eigenvalue weighted by molar-refractivity contribution is 0.0600. The van der Waals surface area contributed by atoms with E-state index in [0.717, 1.165) is 5.69 Å². The third-order valence-corrected chi connectivity index (χ3v) is 3.42. The molecule has 2 aromatic carbocycles. The Bertz CT molecular complexity index is 873. The highest BCUT2D eigenvalue weighted by Gasteiger charge is 2.10. The average Bonchev–Trinajstić information content (AvgIpc) is 3.16. The van der Waals surface area contributed by atoms with E-state index < -0.39 is 5.97 Å². The summed E-state index contributed by atoms with van der Waals surface area (Å²) >= 11 is 0. The highest BCUT2D eigenvalue weighted by molar-refractivity contribution is 6.05. The smallest absolute Gasteiger partial charge is 0.337 e. The minimum atomic E-state index is -0.452. The Hall–Kier alpha value is -3.41. The molecule has 1 amide bonds. The van der Waals surface area contributed by atoms with E-state index >= 15 is 0 Å². The Balaban J connectivity index is 1.81. The van der Waals surface area contributed by atoms with Crippen molar-refractivity contribution < 1.29 is 14.3 Å². The van der Waals surface area contributed by atoms with Crippen LogP contribution in [-0.2, 0) is 4.74 Å². The Morgan fingerprint density at radius 3 is 2.58 bits per heavy atom. The quantitative estimate of drug-likeness (QED) is 0.750. The summed E-state index contributed by atoms with van der Waals surface area (Å²) in [6.07, 6.45) is 3.47. The number of benzene rings is 2. The molecule has 0 spiro atoms. The van der Waals surface area contributed by atoms with Gasteiger partial charge in [-0.25, -0.2) is 9.48 Å². The topological polar surface area (TPSA) is 73.2 Å². The van der Waals surface area contributed by atoms with Crippen LogP contribution >= 0.6 is 0 Å². The lowest BCUT2D eigenvalue weighted by atomic mass is 10.1. The molecule has 0 saturated carbocycles. The number of ether oxygens (including phenoxy) is 1. The summed E-state index contributed by atoms with van der Waals surface area (Å²) in [5.74, 6) is -0.724. The van der Waals surface area contributed by atoms with Gasteiger partial charge >= 0.3 is 5.97 Å². The first-order chi connectivity index (χ1) is 11.7. The molecule has 0 aliphatic carbocycles. The van der Waals surface area contributed by atoms with Crippen molar-refractivity contribution in [3.63, 3.8) is 0 Å². The third kappa shape index (κ3) is 3.33. The molecule has 1 aromatic heterocycles. The van der Waals surface area contributed by atoms with Crippen LogP contribution in [0.3, 0.4) is 0 Å². The first-order valence-corrected chi connectivity index (χ1v) is 7.27. The van der Waals surface area contributed by atoms with Gasteiger partial charge in [0.1, 0.15) is 0 Å². The maximum Gasteiger partial charge on any atom is 0.337 e. The van der Waals surface area contributed by atoms with E-state index in [9.17, 15) is 9.59 Å². The SMILES string of the molecule is COC(=O)c1cccc(NC(=O)c2cccc(-n3cccn3)c2)c1. The molecule has 0 saturated heterocycles. The summed E-state index contributed by atoms with van der Waals surface area (Å²) < 4.78 is 6.35. The molecule has 0 atom stereocenters. The third-order valence-electron chi connectivity index (χ3n) is 3.42. The molecule has 0 unspecified atom stereocenters. The number of anilines is 1.